The third-order valence-corrected chi connectivity index (χ3v) is 4.28. The summed E-state index contributed by atoms with van der Waals surface area (Å²) < 4.78 is 19.1. The first-order chi connectivity index (χ1) is 10.2. The maximum absolute atomic E-state index is 13.2. The minimum atomic E-state index is -0.208. The van der Waals surface area contributed by atoms with Crippen molar-refractivity contribution in [2.75, 3.05) is 32.8 Å². The number of nitrogens with zero attached hydrogens (tertiary/aromatic N) is 1. The van der Waals surface area contributed by atoms with Gasteiger partial charge in [-0.3, -0.25) is 4.90 Å². The standard InChI is InChI=1S/C16H23FN2O2/c17-13-3-4-16-12(8-13)9-15(21-16)11-19(6-7-20)10-14-2-1-5-18-14/h3-4,8,14-15,18,20H,1-2,5-7,9-11H2. The molecular weight excluding hydrogens is 271 g/mol. The van der Waals surface area contributed by atoms with E-state index in [0.29, 0.717) is 12.6 Å². The summed E-state index contributed by atoms with van der Waals surface area (Å²) in [5.41, 5.74) is 0.947. The summed E-state index contributed by atoms with van der Waals surface area (Å²) in [5, 5.41) is 12.7. The van der Waals surface area contributed by atoms with Gasteiger partial charge in [-0.2, -0.15) is 0 Å². The molecule has 1 saturated heterocycles. The minimum Gasteiger partial charge on any atom is -0.488 e. The molecular formula is C16H23FN2O2. The zero-order chi connectivity index (χ0) is 14.7. The summed E-state index contributed by atoms with van der Waals surface area (Å²) in [6.07, 6.45) is 3.21. The Morgan fingerprint density at radius 3 is 3.05 bits per heavy atom. The van der Waals surface area contributed by atoms with Crippen molar-refractivity contribution < 1.29 is 14.2 Å². The summed E-state index contributed by atoms with van der Waals surface area (Å²) in [6.45, 7) is 3.60. The third kappa shape index (κ3) is 3.73. The lowest BCUT2D eigenvalue weighted by molar-refractivity contribution is 0.122. The second kappa shape index (κ2) is 6.73. The van der Waals surface area contributed by atoms with Gasteiger partial charge in [-0.1, -0.05) is 0 Å². The number of aliphatic hydroxyl groups is 1. The van der Waals surface area contributed by atoms with Crippen molar-refractivity contribution in [1.82, 2.24) is 10.2 Å². The van der Waals surface area contributed by atoms with E-state index in [4.69, 9.17) is 4.74 Å². The van der Waals surface area contributed by atoms with Gasteiger partial charge >= 0.3 is 0 Å². The molecule has 116 valence electrons. The Balaban J connectivity index is 1.56. The van der Waals surface area contributed by atoms with Crippen molar-refractivity contribution in [1.29, 1.82) is 0 Å². The van der Waals surface area contributed by atoms with Crippen LogP contribution >= 0.6 is 0 Å². The topological polar surface area (TPSA) is 44.7 Å². The molecule has 2 aliphatic heterocycles. The summed E-state index contributed by atoms with van der Waals surface area (Å²) in [4.78, 5) is 2.25. The van der Waals surface area contributed by atoms with E-state index in [0.717, 1.165) is 37.4 Å². The van der Waals surface area contributed by atoms with Gasteiger partial charge < -0.3 is 15.2 Å². The molecule has 1 fully saturated rings. The van der Waals surface area contributed by atoms with E-state index < -0.39 is 0 Å². The van der Waals surface area contributed by atoms with Crippen LogP contribution in [0.1, 0.15) is 18.4 Å². The van der Waals surface area contributed by atoms with Crippen molar-refractivity contribution in [3.8, 4) is 5.75 Å². The largest absolute Gasteiger partial charge is 0.488 e. The van der Waals surface area contributed by atoms with E-state index in [1.807, 2.05) is 0 Å². The molecule has 2 aliphatic rings. The first-order valence-corrected chi connectivity index (χ1v) is 7.76. The molecule has 2 unspecified atom stereocenters. The lowest BCUT2D eigenvalue weighted by Gasteiger charge is -2.27. The van der Waals surface area contributed by atoms with Crippen LogP contribution in [0, 0.1) is 5.82 Å². The predicted octanol–water partition coefficient (Wildman–Crippen LogP) is 1.18. The molecule has 2 heterocycles. The molecule has 1 aromatic rings. The van der Waals surface area contributed by atoms with E-state index in [1.165, 1.54) is 18.9 Å². The second-order valence-electron chi connectivity index (χ2n) is 5.97. The van der Waals surface area contributed by atoms with Gasteiger partial charge in [0.15, 0.2) is 0 Å². The van der Waals surface area contributed by atoms with Gasteiger partial charge in [-0.05, 0) is 37.6 Å². The van der Waals surface area contributed by atoms with E-state index in [-0.39, 0.29) is 18.5 Å². The molecule has 5 heteroatoms. The molecule has 0 radical (unpaired) electrons. The summed E-state index contributed by atoms with van der Waals surface area (Å²) >= 11 is 0. The molecule has 0 saturated carbocycles. The molecule has 0 bridgehead atoms. The third-order valence-electron chi connectivity index (χ3n) is 4.28. The maximum atomic E-state index is 13.2. The highest BCUT2D eigenvalue weighted by atomic mass is 19.1. The fourth-order valence-electron chi connectivity index (χ4n) is 3.30. The number of hydrogen-bond donors (Lipinski definition) is 2. The Bertz CT molecular complexity index is 477. The first-order valence-electron chi connectivity index (χ1n) is 7.76. The van der Waals surface area contributed by atoms with Crippen LogP contribution in [0.15, 0.2) is 18.2 Å². The monoisotopic (exact) mass is 294 g/mol. The van der Waals surface area contributed by atoms with Crippen molar-refractivity contribution in [3.63, 3.8) is 0 Å². The lowest BCUT2D eigenvalue weighted by Crippen LogP contribution is -2.43. The van der Waals surface area contributed by atoms with E-state index >= 15 is 0 Å². The fourth-order valence-corrected chi connectivity index (χ4v) is 3.30. The number of nitrogens with one attached hydrogen (secondary N) is 1. The van der Waals surface area contributed by atoms with Gasteiger partial charge in [0, 0.05) is 37.7 Å². The quantitative estimate of drug-likeness (QED) is 0.827. The fraction of sp³-hybridized carbons (Fsp3) is 0.625. The average Bonchev–Trinajstić information content (AvgIpc) is 3.07. The number of hydrogen-bond acceptors (Lipinski definition) is 4. The molecule has 0 amide bonds. The Labute approximate surface area is 124 Å². The number of halogens is 1. The van der Waals surface area contributed by atoms with Gasteiger partial charge in [-0.15, -0.1) is 0 Å². The zero-order valence-electron chi connectivity index (χ0n) is 12.2. The smallest absolute Gasteiger partial charge is 0.123 e. The summed E-state index contributed by atoms with van der Waals surface area (Å²) in [5.74, 6) is 0.588. The van der Waals surface area contributed by atoms with Crippen LogP contribution in [-0.2, 0) is 6.42 Å². The van der Waals surface area contributed by atoms with Crippen LogP contribution in [0.4, 0.5) is 4.39 Å². The average molecular weight is 294 g/mol. The Kier molecular flexibility index (Phi) is 4.73. The van der Waals surface area contributed by atoms with Crippen LogP contribution in [0.2, 0.25) is 0 Å². The van der Waals surface area contributed by atoms with Crippen molar-refractivity contribution >= 4 is 0 Å². The molecule has 4 nitrogen and oxygen atoms in total. The first kappa shape index (κ1) is 14.8. The van der Waals surface area contributed by atoms with Gasteiger partial charge in [-0.25, -0.2) is 4.39 Å². The van der Waals surface area contributed by atoms with Gasteiger partial charge in [0.2, 0.25) is 0 Å². The number of rotatable bonds is 6. The second-order valence-corrected chi connectivity index (χ2v) is 5.97. The highest BCUT2D eigenvalue weighted by Gasteiger charge is 2.26. The minimum absolute atomic E-state index is 0.0507. The molecule has 1 aromatic carbocycles. The SMILES string of the molecule is OCCN(CC1CCCN1)CC1Cc2cc(F)ccc2O1. The van der Waals surface area contributed by atoms with Crippen LogP contribution in [0.25, 0.3) is 0 Å². The maximum Gasteiger partial charge on any atom is 0.123 e. The molecule has 2 atom stereocenters. The molecule has 21 heavy (non-hydrogen) atoms. The predicted molar refractivity (Wildman–Crippen MR) is 79.1 cm³/mol. The zero-order valence-corrected chi connectivity index (χ0v) is 12.2. The number of fused-ring (bicyclic) bond motifs is 1. The van der Waals surface area contributed by atoms with Crippen LogP contribution in [0.5, 0.6) is 5.75 Å². The Hall–Kier alpha value is -1.17. The van der Waals surface area contributed by atoms with Gasteiger partial charge in [0.25, 0.3) is 0 Å². The molecule has 3 rings (SSSR count). The number of aliphatic hydroxyl groups excluding tert-OH is 1. The normalized spacial score (nSPS) is 24.3. The Morgan fingerprint density at radius 1 is 1.38 bits per heavy atom. The lowest BCUT2D eigenvalue weighted by atomic mass is 10.1. The molecule has 0 aromatic heterocycles. The summed E-state index contributed by atoms with van der Waals surface area (Å²) in [6, 6.07) is 5.22. The van der Waals surface area contributed by atoms with Crippen molar-refractivity contribution in [2.24, 2.45) is 0 Å². The number of ether oxygens (including phenoxy) is 1. The van der Waals surface area contributed by atoms with Crippen LogP contribution < -0.4 is 10.1 Å². The van der Waals surface area contributed by atoms with Crippen molar-refractivity contribution in [2.45, 2.75) is 31.4 Å². The van der Waals surface area contributed by atoms with Crippen LogP contribution in [-0.4, -0.2) is 54.9 Å². The highest BCUT2D eigenvalue weighted by molar-refractivity contribution is 5.37. The van der Waals surface area contributed by atoms with E-state index in [1.54, 1.807) is 12.1 Å². The Morgan fingerprint density at radius 2 is 2.29 bits per heavy atom. The molecule has 0 spiro atoms. The van der Waals surface area contributed by atoms with Crippen LogP contribution in [0.3, 0.4) is 0 Å². The van der Waals surface area contributed by atoms with Gasteiger partial charge in [0.05, 0.1) is 6.61 Å². The highest BCUT2D eigenvalue weighted by Crippen LogP contribution is 2.29. The molecule has 2 N–H and O–H groups in total. The van der Waals surface area contributed by atoms with Crippen molar-refractivity contribution in [3.05, 3.63) is 29.6 Å². The van der Waals surface area contributed by atoms with E-state index in [2.05, 4.69) is 10.2 Å². The van der Waals surface area contributed by atoms with Gasteiger partial charge in [0.1, 0.15) is 17.7 Å². The molecule has 0 aliphatic carbocycles. The number of benzene rings is 1. The van der Waals surface area contributed by atoms with E-state index in [9.17, 15) is 9.50 Å². The summed E-state index contributed by atoms with van der Waals surface area (Å²) in [7, 11) is 0.